The molecule has 0 amide bonds. The van der Waals surface area contributed by atoms with Gasteiger partial charge in [-0.2, -0.15) is 5.10 Å². The molecule has 0 aliphatic carbocycles. The highest BCUT2D eigenvalue weighted by Gasteiger charge is 2.20. The average Bonchev–Trinajstić information content (AvgIpc) is 2.99. The number of nitrogens with one attached hydrogen (secondary N) is 1. The number of ether oxygens (including phenoxy) is 1. The van der Waals surface area contributed by atoms with Crippen molar-refractivity contribution in [3.05, 3.63) is 23.7 Å². The Morgan fingerprint density at radius 1 is 1.61 bits per heavy atom. The van der Waals surface area contributed by atoms with Crippen LogP contribution in [0.5, 0.6) is 0 Å². The molecular weight excluding hydrogens is 236 g/mol. The van der Waals surface area contributed by atoms with Crippen molar-refractivity contribution in [1.29, 1.82) is 0 Å². The quantitative estimate of drug-likeness (QED) is 0.737. The fourth-order valence-corrected chi connectivity index (χ4v) is 1.66. The highest BCUT2D eigenvalue weighted by Crippen LogP contribution is 2.17. The molecule has 2 heterocycles. The van der Waals surface area contributed by atoms with E-state index in [0.717, 1.165) is 0 Å². The number of esters is 1. The van der Waals surface area contributed by atoms with Crippen molar-refractivity contribution >= 4 is 11.8 Å². The molecule has 0 spiro atoms. The Labute approximate surface area is 103 Å². The van der Waals surface area contributed by atoms with Gasteiger partial charge in [-0.3, -0.25) is 5.10 Å². The van der Waals surface area contributed by atoms with E-state index < -0.39 is 5.97 Å². The molecule has 2 aromatic heterocycles. The van der Waals surface area contributed by atoms with Crippen LogP contribution < -0.4 is 5.73 Å². The summed E-state index contributed by atoms with van der Waals surface area (Å²) in [6.45, 7) is 2.32. The number of carbonyl (C=O) groups excluding carboxylic acids is 1. The SMILES string of the molecule is CCc1nc(C(=O)OC)c(N)n1Cc1ncn[nH]1. The summed E-state index contributed by atoms with van der Waals surface area (Å²) >= 11 is 0. The first-order valence-corrected chi connectivity index (χ1v) is 5.44. The second-order valence-corrected chi connectivity index (χ2v) is 3.63. The molecule has 0 saturated carbocycles. The van der Waals surface area contributed by atoms with E-state index >= 15 is 0 Å². The molecule has 3 N–H and O–H groups in total. The number of aromatic nitrogens is 5. The zero-order valence-electron chi connectivity index (χ0n) is 10.2. The van der Waals surface area contributed by atoms with E-state index in [1.54, 1.807) is 4.57 Å². The van der Waals surface area contributed by atoms with Crippen molar-refractivity contribution < 1.29 is 9.53 Å². The Bertz CT molecular complexity index is 545. The maximum absolute atomic E-state index is 11.5. The van der Waals surface area contributed by atoms with Crippen molar-refractivity contribution in [2.24, 2.45) is 0 Å². The Morgan fingerprint density at radius 3 is 2.94 bits per heavy atom. The fraction of sp³-hybridized carbons (Fsp3) is 0.400. The van der Waals surface area contributed by atoms with Gasteiger partial charge in [-0.05, 0) is 0 Å². The number of carbonyl (C=O) groups is 1. The van der Waals surface area contributed by atoms with E-state index in [1.165, 1.54) is 13.4 Å². The lowest BCUT2D eigenvalue weighted by Crippen LogP contribution is -2.11. The number of nitrogens with zero attached hydrogens (tertiary/aromatic N) is 4. The van der Waals surface area contributed by atoms with Crippen molar-refractivity contribution in [1.82, 2.24) is 24.7 Å². The summed E-state index contributed by atoms with van der Waals surface area (Å²) in [5.74, 6) is 1.07. The lowest BCUT2D eigenvalue weighted by Gasteiger charge is -2.06. The van der Waals surface area contributed by atoms with Crippen LogP contribution in [0.25, 0.3) is 0 Å². The van der Waals surface area contributed by atoms with Crippen LogP contribution >= 0.6 is 0 Å². The normalized spacial score (nSPS) is 10.6. The predicted octanol–water partition coefficient (Wildman–Crippen LogP) is -0.0193. The van der Waals surface area contributed by atoms with Gasteiger partial charge in [0.1, 0.15) is 23.8 Å². The van der Waals surface area contributed by atoms with E-state index in [2.05, 4.69) is 24.9 Å². The van der Waals surface area contributed by atoms with Gasteiger partial charge in [0, 0.05) is 6.42 Å². The highest BCUT2D eigenvalue weighted by molar-refractivity contribution is 5.92. The number of imidazole rings is 1. The Balaban J connectivity index is 2.39. The van der Waals surface area contributed by atoms with Crippen LogP contribution in [0.2, 0.25) is 0 Å². The molecular formula is C10H14N6O2. The van der Waals surface area contributed by atoms with Gasteiger partial charge < -0.3 is 15.0 Å². The first-order valence-electron chi connectivity index (χ1n) is 5.44. The number of H-pyrrole nitrogens is 1. The van der Waals surface area contributed by atoms with Crippen LogP contribution in [0, 0.1) is 0 Å². The van der Waals surface area contributed by atoms with Gasteiger partial charge in [0.2, 0.25) is 0 Å². The summed E-state index contributed by atoms with van der Waals surface area (Å²) in [6.07, 6.45) is 2.06. The van der Waals surface area contributed by atoms with Crippen LogP contribution in [0.1, 0.15) is 29.1 Å². The topological polar surface area (TPSA) is 112 Å². The Hall–Kier alpha value is -2.38. The third-order valence-corrected chi connectivity index (χ3v) is 2.55. The summed E-state index contributed by atoms with van der Waals surface area (Å²) in [5, 5.41) is 6.49. The monoisotopic (exact) mass is 250 g/mol. The molecule has 2 rings (SSSR count). The van der Waals surface area contributed by atoms with Gasteiger partial charge in [-0.15, -0.1) is 0 Å². The molecule has 0 radical (unpaired) electrons. The third kappa shape index (κ3) is 2.04. The van der Waals surface area contributed by atoms with E-state index in [-0.39, 0.29) is 11.5 Å². The van der Waals surface area contributed by atoms with E-state index in [4.69, 9.17) is 5.73 Å². The number of aromatic amines is 1. The molecule has 8 nitrogen and oxygen atoms in total. The molecule has 2 aromatic rings. The number of nitrogen functional groups attached to an aromatic ring is 1. The Morgan fingerprint density at radius 2 is 2.39 bits per heavy atom. The molecule has 0 aromatic carbocycles. The minimum absolute atomic E-state index is 0.133. The standard InChI is InChI=1S/C10H14N6O2/c1-3-7-14-8(10(17)18-2)9(11)16(7)4-6-12-5-13-15-6/h5H,3-4,11H2,1-2H3,(H,12,13,15). The van der Waals surface area contributed by atoms with Gasteiger partial charge >= 0.3 is 5.97 Å². The molecule has 8 heteroatoms. The molecule has 96 valence electrons. The van der Waals surface area contributed by atoms with Crippen molar-refractivity contribution in [2.45, 2.75) is 19.9 Å². The molecule has 0 atom stereocenters. The highest BCUT2D eigenvalue weighted by atomic mass is 16.5. The number of methoxy groups -OCH3 is 1. The molecule has 0 saturated heterocycles. The Kier molecular flexibility index (Phi) is 3.26. The van der Waals surface area contributed by atoms with Gasteiger partial charge in [0.05, 0.1) is 13.7 Å². The lowest BCUT2D eigenvalue weighted by molar-refractivity contribution is 0.0595. The molecule has 0 bridgehead atoms. The maximum Gasteiger partial charge on any atom is 0.360 e. The van der Waals surface area contributed by atoms with Crippen LogP contribution in [-0.4, -0.2) is 37.8 Å². The molecule has 0 fully saturated rings. The van der Waals surface area contributed by atoms with Crippen LogP contribution in [0.15, 0.2) is 6.33 Å². The zero-order chi connectivity index (χ0) is 13.1. The van der Waals surface area contributed by atoms with E-state index in [0.29, 0.717) is 24.6 Å². The smallest absolute Gasteiger partial charge is 0.360 e. The second-order valence-electron chi connectivity index (χ2n) is 3.63. The predicted molar refractivity (Wildman–Crippen MR) is 62.8 cm³/mol. The van der Waals surface area contributed by atoms with Gasteiger partial charge in [-0.25, -0.2) is 14.8 Å². The van der Waals surface area contributed by atoms with Crippen LogP contribution in [-0.2, 0) is 17.7 Å². The van der Waals surface area contributed by atoms with E-state index in [9.17, 15) is 4.79 Å². The minimum atomic E-state index is -0.543. The number of nitrogens with two attached hydrogens (primary N) is 1. The van der Waals surface area contributed by atoms with Crippen molar-refractivity contribution in [2.75, 3.05) is 12.8 Å². The molecule has 0 aliphatic heterocycles. The number of hydrogen-bond donors (Lipinski definition) is 2. The largest absolute Gasteiger partial charge is 0.464 e. The summed E-state index contributed by atoms with van der Waals surface area (Å²) in [7, 11) is 1.29. The number of aryl methyl sites for hydroxylation is 1. The first-order chi connectivity index (χ1) is 8.67. The summed E-state index contributed by atoms with van der Waals surface area (Å²) in [5.41, 5.74) is 6.04. The summed E-state index contributed by atoms with van der Waals surface area (Å²) in [6, 6.07) is 0. The van der Waals surface area contributed by atoms with Gasteiger partial charge in [0.25, 0.3) is 0 Å². The number of anilines is 1. The van der Waals surface area contributed by atoms with Crippen LogP contribution in [0.4, 0.5) is 5.82 Å². The molecule has 18 heavy (non-hydrogen) atoms. The second kappa shape index (κ2) is 4.86. The fourth-order valence-electron chi connectivity index (χ4n) is 1.66. The summed E-state index contributed by atoms with van der Waals surface area (Å²) in [4.78, 5) is 19.7. The van der Waals surface area contributed by atoms with E-state index in [1.807, 2.05) is 6.92 Å². The third-order valence-electron chi connectivity index (χ3n) is 2.55. The number of rotatable bonds is 4. The minimum Gasteiger partial charge on any atom is -0.464 e. The maximum atomic E-state index is 11.5. The zero-order valence-corrected chi connectivity index (χ0v) is 10.2. The van der Waals surface area contributed by atoms with Gasteiger partial charge in [0.15, 0.2) is 5.69 Å². The van der Waals surface area contributed by atoms with Crippen molar-refractivity contribution in [3.8, 4) is 0 Å². The molecule has 0 unspecified atom stereocenters. The first kappa shape index (κ1) is 12.1. The lowest BCUT2D eigenvalue weighted by atomic mass is 10.4. The van der Waals surface area contributed by atoms with Crippen LogP contribution in [0.3, 0.4) is 0 Å². The number of hydrogen-bond acceptors (Lipinski definition) is 6. The molecule has 0 aliphatic rings. The van der Waals surface area contributed by atoms with Crippen molar-refractivity contribution in [3.63, 3.8) is 0 Å². The van der Waals surface area contributed by atoms with Gasteiger partial charge in [-0.1, -0.05) is 6.92 Å². The summed E-state index contributed by atoms with van der Waals surface area (Å²) < 4.78 is 6.35. The average molecular weight is 250 g/mol.